The second-order valence-corrected chi connectivity index (χ2v) is 7.58. The largest absolute Gasteiger partial charge is 0.346 e. The average molecular weight is 345 g/mol. The molecule has 6 nitrogen and oxygen atoms in total. The Hall–Kier alpha value is -2.25. The fraction of sp³-hybridized carbons (Fsp3) is 0.294. The first-order chi connectivity index (χ1) is 11.6. The zero-order valence-electron chi connectivity index (χ0n) is 13.2. The van der Waals surface area contributed by atoms with E-state index in [0.29, 0.717) is 25.2 Å². The number of nitrogens with one attached hydrogen (secondary N) is 1. The highest BCUT2D eigenvalue weighted by Crippen LogP contribution is 2.21. The Morgan fingerprint density at radius 3 is 2.62 bits per heavy atom. The standard InChI is InChI=1S/C17H19N3O3S/c21-17(19-13-15-7-1-2-9-18-15)14-6-5-8-16(12-14)24(22,23)20-10-3-4-11-20/h1-2,5-9,12H,3-4,10-11,13H2,(H,19,21). The summed E-state index contributed by atoms with van der Waals surface area (Å²) in [6, 6.07) is 11.6. The number of sulfonamides is 1. The number of benzene rings is 1. The SMILES string of the molecule is O=C(NCc1ccccn1)c1cccc(S(=O)(=O)N2CCCC2)c1. The molecule has 0 aliphatic carbocycles. The van der Waals surface area contributed by atoms with E-state index in [2.05, 4.69) is 10.3 Å². The molecule has 1 aromatic carbocycles. The van der Waals surface area contributed by atoms with Crippen LogP contribution in [0.25, 0.3) is 0 Å². The predicted molar refractivity (Wildman–Crippen MR) is 89.8 cm³/mol. The molecule has 1 aliphatic heterocycles. The van der Waals surface area contributed by atoms with E-state index in [0.717, 1.165) is 18.5 Å². The van der Waals surface area contributed by atoms with Gasteiger partial charge in [0.2, 0.25) is 10.0 Å². The smallest absolute Gasteiger partial charge is 0.251 e. The highest BCUT2D eigenvalue weighted by atomic mass is 32.2. The van der Waals surface area contributed by atoms with Crippen LogP contribution in [0, 0.1) is 0 Å². The summed E-state index contributed by atoms with van der Waals surface area (Å²) in [5.41, 5.74) is 1.07. The molecule has 1 N–H and O–H groups in total. The van der Waals surface area contributed by atoms with E-state index < -0.39 is 10.0 Å². The predicted octanol–water partition coefficient (Wildman–Crippen LogP) is 1.80. The summed E-state index contributed by atoms with van der Waals surface area (Å²) in [6.07, 6.45) is 3.41. The first kappa shape index (κ1) is 16.6. The molecular weight excluding hydrogens is 326 g/mol. The Morgan fingerprint density at radius 2 is 1.92 bits per heavy atom. The van der Waals surface area contributed by atoms with Crippen molar-refractivity contribution >= 4 is 15.9 Å². The molecular formula is C17H19N3O3S. The summed E-state index contributed by atoms with van der Waals surface area (Å²) < 4.78 is 26.6. The zero-order chi connectivity index (χ0) is 17.0. The van der Waals surface area contributed by atoms with E-state index in [9.17, 15) is 13.2 Å². The molecule has 1 amide bonds. The van der Waals surface area contributed by atoms with Gasteiger partial charge in [-0.15, -0.1) is 0 Å². The molecule has 24 heavy (non-hydrogen) atoms. The monoisotopic (exact) mass is 345 g/mol. The van der Waals surface area contributed by atoms with Crippen molar-refractivity contribution in [3.63, 3.8) is 0 Å². The Morgan fingerprint density at radius 1 is 1.12 bits per heavy atom. The van der Waals surface area contributed by atoms with Crippen molar-refractivity contribution in [1.29, 1.82) is 0 Å². The molecule has 2 aromatic rings. The van der Waals surface area contributed by atoms with Crippen LogP contribution >= 0.6 is 0 Å². The van der Waals surface area contributed by atoms with Crippen molar-refractivity contribution in [2.75, 3.05) is 13.1 Å². The lowest BCUT2D eigenvalue weighted by atomic mass is 10.2. The van der Waals surface area contributed by atoms with Crippen LogP contribution in [-0.2, 0) is 16.6 Å². The Bertz CT molecular complexity index is 816. The van der Waals surface area contributed by atoms with Crippen molar-refractivity contribution in [3.05, 3.63) is 59.9 Å². The van der Waals surface area contributed by atoms with Crippen molar-refractivity contribution in [2.24, 2.45) is 0 Å². The molecule has 0 saturated carbocycles. The van der Waals surface area contributed by atoms with Gasteiger partial charge in [0.25, 0.3) is 5.91 Å². The third-order valence-electron chi connectivity index (χ3n) is 3.96. The number of hydrogen-bond acceptors (Lipinski definition) is 4. The average Bonchev–Trinajstić information content (AvgIpc) is 3.16. The van der Waals surface area contributed by atoms with Gasteiger partial charge in [0, 0.05) is 24.8 Å². The minimum absolute atomic E-state index is 0.162. The quantitative estimate of drug-likeness (QED) is 0.896. The number of amides is 1. The molecule has 0 atom stereocenters. The molecule has 0 unspecified atom stereocenters. The first-order valence-corrected chi connectivity index (χ1v) is 9.30. The number of carbonyl (C=O) groups excluding carboxylic acids is 1. The molecule has 2 heterocycles. The molecule has 1 fully saturated rings. The minimum Gasteiger partial charge on any atom is -0.346 e. The molecule has 1 aliphatic rings. The van der Waals surface area contributed by atoms with Gasteiger partial charge >= 0.3 is 0 Å². The molecule has 0 radical (unpaired) electrons. The molecule has 1 aromatic heterocycles. The van der Waals surface area contributed by atoms with Crippen LogP contribution in [0.3, 0.4) is 0 Å². The first-order valence-electron chi connectivity index (χ1n) is 7.86. The van der Waals surface area contributed by atoms with Gasteiger partial charge in [-0.25, -0.2) is 8.42 Å². The maximum Gasteiger partial charge on any atom is 0.251 e. The van der Waals surface area contributed by atoms with Gasteiger partial charge in [-0.2, -0.15) is 4.31 Å². The van der Waals surface area contributed by atoms with Crippen LogP contribution in [0.2, 0.25) is 0 Å². The van der Waals surface area contributed by atoms with Crippen LogP contribution in [0.5, 0.6) is 0 Å². The molecule has 0 bridgehead atoms. The summed E-state index contributed by atoms with van der Waals surface area (Å²) in [6.45, 7) is 1.37. The van der Waals surface area contributed by atoms with Crippen molar-refractivity contribution in [1.82, 2.24) is 14.6 Å². The maximum atomic E-state index is 12.6. The fourth-order valence-corrected chi connectivity index (χ4v) is 4.21. The molecule has 0 spiro atoms. The zero-order valence-corrected chi connectivity index (χ0v) is 14.0. The van der Waals surface area contributed by atoms with Crippen molar-refractivity contribution in [2.45, 2.75) is 24.3 Å². The summed E-state index contributed by atoms with van der Waals surface area (Å²) in [5, 5.41) is 2.75. The Balaban J connectivity index is 1.74. The fourth-order valence-electron chi connectivity index (χ4n) is 2.65. The van der Waals surface area contributed by atoms with Crippen LogP contribution in [-0.4, -0.2) is 36.7 Å². The summed E-state index contributed by atoms with van der Waals surface area (Å²) in [5.74, 6) is -0.320. The number of carbonyl (C=O) groups is 1. The van der Waals surface area contributed by atoms with Gasteiger partial charge in [0.05, 0.1) is 17.1 Å². The number of nitrogens with zero attached hydrogens (tertiary/aromatic N) is 2. The van der Waals surface area contributed by atoms with Crippen molar-refractivity contribution in [3.8, 4) is 0 Å². The Labute approximate surface area is 141 Å². The van der Waals surface area contributed by atoms with Crippen LogP contribution < -0.4 is 5.32 Å². The highest BCUT2D eigenvalue weighted by molar-refractivity contribution is 7.89. The van der Waals surface area contributed by atoms with E-state index in [1.807, 2.05) is 12.1 Å². The van der Waals surface area contributed by atoms with E-state index in [-0.39, 0.29) is 10.8 Å². The van der Waals surface area contributed by atoms with E-state index in [1.165, 1.54) is 16.4 Å². The third-order valence-corrected chi connectivity index (χ3v) is 5.85. The minimum atomic E-state index is -3.52. The van der Waals surface area contributed by atoms with E-state index >= 15 is 0 Å². The Kier molecular flexibility index (Phi) is 4.92. The lowest BCUT2D eigenvalue weighted by molar-refractivity contribution is 0.0950. The normalized spacial score (nSPS) is 15.3. The molecule has 3 rings (SSSR count). The summed E-state index contributed by atoms with van der Waals surface area (Å²) in [4.78, 5) is 16.6. The highest BCUT2D eigenvalue weighted by Gasteiger charge is 2.27. The molecule has 126 valence electrons. The van der Waals surface area contributed by atoms with Gasteiger partial charge < -0.3 is 5.32 Å². The van der Waals surface area contributed by atoms with Crippen LogP contribution in [0.1, 0.15) is 28.9 Å². The lowest BCUT2D eigenvalue weighted by Crippen LogP contribution is -2.28. The number of pyridine rings is 1. The van der Waals surface area contributed by atoms with Gasteiger partial charge in [0.15, 0.2) is 0 Å². The topological polar surface area (TPSA) is 79.4 Å². The van der Waals surface area contributed by atoms with Crippen molar-refractivity contribution < 1.29 is 13.2 Å². The summed E-state index contributed by atoms with van der Waals surface area (Å²) >= 11 is 0. The maximum absolute atomic E-state index is 12.6. The second-order valence-electron chi connectivity index (χ2n) is 5.64. The third kappa shape index (κ3) is 3.63. The van der Waals surface area contributed by atoms with E-state index in [1.54, 1.807) is 24.4 Å². The molecule has 1 saturated heterocycles. The second kappa shape index (κ2) is 7.11. The number of aromatic nitrogens is 1. The van der Waals surface area contributed by atoms with Gasteiger partial charge in [-0.1, -0.05) is 12.1 Å². The summed E-state index contributed by atoms with van der Waals surface area (Å²) in [7, 11) is -3.52. The van der Waals surface area contributed by atoms with Gasteiger partial charge in [0.1, 0.15) is 0 Å². The number of hydrogen-bond donors (Lipinski definition) is 1. The van der Waals surface area contributed by atoms with E-state index in [4.69, 9.17) is 0 Å². The van der Waals surface area contributed by atoms with Gasteiger partial charge in [-0.05, 0) is 43.2 Å². The lowest BCUT2D eigenvalue weighted by Gasteiger charge is -2.16. The van der Waals surface area contributed by atoms with Crippen LogP contribution in [0.15, 0.2) is 53.6 Å². The van der Waals surface area contributed by atoms with Gasteiger partial charge in [-0.3, -0.25) is 9.78 Å². The molecule has 7 heteroatoms. The van der Waals surface area contributed by atoms with Crippen LogP contribution in [0.4, 0.5) is 0 Å². The number of rotatable bonds is 5.